The van der Waals surface area contributed by atoms with Crippen molar-refractivity contribution in [2.24, 2.45) is 0 Å². The van der Waals surface area contributed by atoms with Crippen LogP contribution in [0.3, 0.4) is 0 Å². The summed E-state index contributed by atoms with van der Waals surface area (Å²) in [6, 6.07) is 7.38. The molecule has 4 fully saturated rings. The van der Waals surface area contributed by atoms with Crippen molar-refractivity contribution in [3.8, 4) is 29.6 Å². The highest BCUT2D eigenvalue weighted by atomic mass is 28.3. The molecule has 6 heterocycles. The Morgan fingerprint density at radius 3 is 2.32 bits per heavy atom. The van der Waals surface area contributed by atoms with E-state index in [1.54, 1.807) is 29.2 Å². The van der Waals surface area contributed by atoms with Crippen molar-refractivity contribution in [3.63, 3.8) is 0 Å². The zero-order valence-corrected chi connectivity index (χ0v) is 39.0. The van der Waals surface area contributed by atoms with Crippen LogP contribution in [0.1, 0.15) is 45.6 Å². The molecule has 2 aromatic heterocycles. The largest absolute Gasteiger partial charge is 0.462 e. The SMILES string of the molecule is C#Cc1c(F)ccc2cccc(-c3ncc4c(N5CC6CCC(C5)N6C(=O)OC(C)(C)C)nc(OCCN5CCN(C6CCN(C(=O)OCC[Si](C)(C)C)CC6(F)F)CC5)nc4c3F)c12. The molecule has 2 aromatic carbocycles. The maximum atomic E-state index is 17.1. The first-order chi connectivity index (χ1) is 30.8. The fourth-order valence-electron chi connectivity index (χ4n) is 9.53. The molecule has 4 aromatic rings. The predicted molar refractivity (Wildman–Crippen MR) is 243 cm³/mol. The lowest BCUT2D eigenvalue weighted by atomic mass is 9.96. The second kappa shape index (κ2) is 18.2. The number of hydrogen-bond donors (Lipinski definition) is 0. The van der Waals surface area contributed by atoms with Crippen LogP contribution in [0.25, 0.3) is 32.9 Å². The van der Waals surface area contributed by atoms with Gasteiger partial charge in [-0.15, -0.1) is 6.42 Å². The number of carbonyl (C=O) groups excluding carboxylic acids is 2. The minimum absolute atomic E-state index is 0.00447. The summed E-state index contributed by atoms with van der Waals surface area (Å²) < 4.78 is 80.5. The van der Waals surface area contributed by atoms with Crippen LogP contribution < -0.4 is 9.64 Å². The molecule has 8 rings (SSSR count). The first-order valence-electron chi connectivity index (χ1n) is 22.5. The molecule has 0 aliphatic carbocycles. The molecule has 13 nitrogen and oxygen atoms in total. The summed E-state index contributed by atoms with van der Waals surface area (Å²) in [5.41, 5.74) is -0.477. The van der Waals surface area contributed by atoms with Crippen molar-refractivity contribution in [2.45, 2.75) is 95.4 Å². The lowest BCUT2D eigenvalue weighted by molar-refractivity contribution is -0.129. The molecule has 4 aliphatic heterocycles. The molecule has 0 N–H and O–H groups in total. The van der Waals surface area contributed by atoms with Gasteiger partial charge in [0.05, 0.1) is 42.2 Å². The second-order valence-corrected chi connectivity index (χ2v) is 25.4. The molecule has 3 unspecified atom stereocenters. The smallest absolute Gasteiger partial charge is 0.410 e. The van der Waals surface area contributed by atoms with Crippen LogP contribution in [0, 0.1) is 24.0 Å². The Labute approximate surface area is 378 Å². The van der Waals surface area contributed by atoms with Gasteiger partial charge in [-0.2, -0.15) is 9.97 Å². The van der Waals surface area contributed by atoms with Gasteiger partial charge in [0.1, 0.15) is 35.1 Å². The summed E-state index contributed by atoms with van der Waals surface area (Å²) in [5, 5.41) is 1.31. The van der Waals surface area contributed by atoms with Crippen LogP contribution in [-0.4, -0.2) is 157 Å². The minimum atomic E-state index is -3.09. The predicted octanol–water partition coefficient (Wildman–Crippen LogP) is 7.87. The van der Waals surface area contributed by atoms with E-state index in [-0.39, 0.29) is 67.1 Å². The summed E-state index contributed by atoms with van der Waals surface area (Å²) in [5.74, 6) is -1.64. The number of amides is 2. The van der Waals surface area contributed by atoms with Crippen molar-refractivity contribution in [3.05, 3.63) is 53.7 Å². The number of piperidine rings is 1. The number of benzene rings is 2. The van der Waals surface area contributed by atoms with Gasteiger partial charge >= 0.3 is 18.2 Å². The van der Waals surface area contributed by atoms with Crippen LogP contribution in [0.5, 0.6) is 6.01 Å². The van der Waals surface area contributed by atoms with Gasteiger partial charge in [0.15, 0.2) is 5.82 Å². The molecular weight excluding hydrogens is 861 g/mol. The number of rotatable bonds is 10. The third kappa shape index (κ3) is 9.97. The number of alkyl halides is 2. The van der Waals surface area contributed by atoms with E-state index in [2.05, 4.69) is 40.4 Å². The van der Waals surface area contributed by atoms with Gasteiger partial charge in [-0.1, -0.05) is 49.8 Å². The zero-order valence-electron chi connectivity index (χ0n) is 38.0. The Morgan fingerprint density at radius 2 is 1.66 bits per heavy atom. The first kappa shape index (κ1) is 46.3. The number of piperazine rings is 2. The zero-order chi connectivity index (χ0) is 46.4. The molecule has 0 spiro atoms. The van der Waals surface area contributed by atoms with Crippen LogP contribution in [0.2, 0.25) is 25.7 Å². The van der Waals surface area contributed by atoms with Gasteiger partial charge < -0.3 is 24.0 Å². The van der Waals surface area contributed by atoms with E-state index in [0.29, 0.717) is 73.4 Å². The van der Waals surface area contributed by atoms with E-state index in [1.165, 1.54) is 12.3 Å². The Morgan fingerprint density at radius 1 is 0.938 bits per heavy atom. The number of anilines is 1. The van der Waals surface area contributed by atoms with Crippen molar-refractivity contribution in [1.82, 2.24) is 34.6 Å². The topological polar surface area (TPSA) is 117 Å². The molecule has 0 saturated carbocycles. The highest BCUT2D eigenvalue weighted by Crippen LogP contribution is 2.40. The van der Waals surface area contributed by atoms with Gasteiger partial charge in [0.25, 0.3) is 5.92 Å². The van der Waals surface area contributed by atoms with Crippen molar-refractivity contribution in [2.75, 3.05) is 77.0 Å². The number of ether oxygens (including phenoxy) is 3. The van der Waals surface area contributed by atoms with Crippen LogP contribution in [0.4, 0.5) is 33.0 Å². The number of pyridine rings is 1. The number of carbonyl (C=O) groups is 2. The molecule has 65 heavy (non-hydrogen) atoms. The molecule has 2 bridgehead atoms. The van der Waals surface area contributed by atoms with Crippen molar-refractivity contribution >= 4 is 47.8 Å². The fourth-order valence-corrected chi connectivity index (χ4v) is 10.2. The lowest BCUT2D eigenvalue weighted by Gasteiger charge is -2.46. The van der Waals surface area contributed by atoms with Gasteiger partial charge in [0, 0.05) is 77.6 Å². The number of nitrogens with zero attached hydrogens (tertiary/aromatic N) is 8. The van der Waals surface area contributed by atoms with E-state index in [9.17, 15) is 9.59 Å². The van der Waals surface area contributed by atoms with Gasteiger partial charge in [-0.05, 0) is 57.5 Å². The maximum Gasteiger partial charge on any atom is 0.410 e. The van der Waals surface area contributed by atoms with Crippen molar-refractivity contribution < 1.29 is 41.4 Å². The Bertz CT molecular complexity index is 2470. The Hall–Kier alpha value is -5.25. The summed E-state index contributed by atoms with van der Waals surface area (Å²) >= 11 is 0. The number of hydrogen-bond acceptors (Lipinski definition) is 11. The average Bonchev–Trinajstić information content (AvgIpc) is 3.51. The van der Waals surface area contributed by atoms with Crippen molar-refractivity contribution in [1.29, 1.82) is 0 Å². The number of terminal acetylenes is 1. The normalized spacial score (nSPS) is 21.7. The van der Waals surface area contributed by atoms with E-state index in [4.69, 9.17) is 25.6 Å². The second-order valence-electron chi connectivity index (χ2n) is 19.8. The third-order valence-electron chi connectivity index (χ3n) is 12.8. The first-order valence-corrected chi connectivity index (χ1v) is 26.2. The minimum Gasteiger partial charge on any atom is -0.462 e. The van der Waals surface area contributed by atoms with Gasteiger partial charge in [-0.25, -0.2) is 27.2 Å². The van der Waals surface area contributed by atoms with Crippen LogP contribution in [0.15, 0.2) is 36.5 Å². The third-order valence-corrected chi connectivity index (χ3v) is 14.5. The molecular formula is C47H58F4N8O5Si. The molecule has 2 amide bonds. The molecule has 3 atom stereocenters. The molecule has 0 radical (unpaired) electrons. The van der Waals surface area contributed by atoms with E-state index in [0.717, 1.165) is 23.8 Å². The van der Waals surface area contributed by atoms with E-state index in [1.807, 2.05) is 30.6 Å². The number of aromatic nitrogens is 3. The van der Waals surface area contributed by atoms with E-state index < -0.39 is 49.9 Å². The Kier molecular flexibility index (Phi) is 13.0. The van der Waals surface area contributed by atoms with Gasteiger partial charge in [0.2, 0.25) is 0 Å². The number of halogens is 4. The molecule has 18 heteroatoms. The summed E-state index contributed by atoms with van der Waals surface area (Å²) in [6.07, 6.45) is 7.88. The average molecular weight is 919 g/mol. The lowest BCUT2D eigenvalue weighted by Crippen LogP contribution is -2.62. The van der Waals surface area contributed by atoms with Gasteiger partial charge in [-0.3, -0.25) is 19.7 Å². The number of likely N-dealkylation sites (tertiary alicyclic amines) is 1. The summed E-state index contributed by atoms with van der Waals surface area (Å²) in [4.78, 5) is 48.8. The standard InChI is InChI=1S/C47H58F4N8O5Si/c1-8-33-36(48)15-12-30-10-9-11-34(38(30)33)40-39(49)41-35(26-52-40)42(58-27-31-13-14-32(28-58)59(31)45(61)64-46(2,3)4)54-43(53-41)62-23-22-55-18-20-56(21-19-55)37-16-17-57(29-47(37,50)51)44(60)63-24-25-65(5,6)7/h1,9-12,15,26,31-32,37H,13-14,16-25,27-29H2,2-7H3. The highest BCUT2D eigenvalue weighted by molar-refractivity contribution is 6.76. The monoisotopic (exact) mass is 918 g/mol. The molecule has 348 valence electrons. The Balaban J connectivity index is 0.989. The highest BCUT2D eigenvalue weighted by Gasteiger charge is 2.49. The molecule has 4 saturated heterocycles. The summed E-state index contributed by atoms with van der Waals surface area (Å²) in [7, 11) is -1.44. The summed E-state index contributed by atoms with van der Waals surface area (Å²) in [6.45, 7) is 15.0. The molecule has 4 aliphatic rings. The fraction of sp³-hybridized carbons (Fsp3) is 0.553. The van der Waals surface area contributed by atoms with Crippen LogP contribution in [-0.2, 0) is 9.47 Å². The number of fused-ring (bicyclic) bond motifs is 4. The quantitative estimate of drug-likeness (QED) is 0.0880. The van der Waals surface area contributed by atoms with Crippen LogP contribution >= 0.6 is 0 Å². The van der Waals surface area contributed by atoms with E-state index >= 15 is 17.6 Å². The maximum absolute atomic E-state index is 17.1.